The van der Waals surface area contributed by atoms with Gasteiger partial charge >= 0.3 is 49.7 Å². The Morgan fingerprint density at radius 2 is 2.06 bits per heavy atom. The summed E-state index contributed by atoms with van der Waals surface area (Å²) in [6.07, 6.45) is 1.51. The number of aromatic nitrogens is 1. The predicted molar refractivity (Wildman–Crippen MR) is 68.5 cm³/mol. The molecular weight excluding hydrogens is 282 g/mol. The van der Waals surface area contributed by atoms with Gasteiger partial charge in [-0.05, 0) is 18.2 Å². The zero-order valence-electron chi connectivity index (χ0n) is 11.2. The van der Waals surface area contributed by atoms with Crippen molar-refractivity contribution in [2.75, 3.05) is 0 Å². The molecule has 1 aromatic carbocycles. The molecule has 1 aromatic heterocycles. The van der Waals surface area contributed by atoms with Crippen LogP contribution in [0.4, 0.5) is 0 Å². The van der Waals surface area contributed by atoms with Crippen LogP contribution < -0.4 is 4.74 Å². The number of ether oxygens (including phenoxy) is 1. The Kier molecular flexibility index (Phi) is 5.74. The summed E-state index contributed by atoms with van der Waals surface area (Å²) < 4.78 is 4.95. The molecule has 2 aromatic rings. The second kappa shape index (κ2) is 6.84. The standard InChI is InChI=1S/C11H7NO4S.Ca.2H/c13-9(14)7-2-1-3-8(6-7)10(15)16-11-12-4-5-17-11;;;/h1-6H,(H,13,14);;;/q;+2;2*-1. The van der Waals surface area contributed by atoms with Crippen molar-refractivity contribution in [3.05, 3.63) is 47.0 Å². The van der Waals surface area contributed by atoms with Gasteiger partial charge in [0.1, 0.15) is 0 Å². The minimum Gasteiger partial charge on any atom is -1.00 e. The molecule has 0 saturated heterocycles. The van der Waals surface area contributed by atoms with Gasteiger partial charge in [0.15, 0.2) is 0 Å². The first kappa shape index (κ1) is 15.1. The van der Waals surface area contributed by atoms with E-state index >= 15 is 0 Å². The van der Waals surface area contributed by atoms with Crippen LogP contribution in [0.5, 0.6) is 5.19 Å². The van der Waals surface area contributed by atoms with E-state index in [1.165, 1.54) is 41.8 Å². The average molecular weight is 291 g/mol. The van der Waals surface area contributed by atoms with Gasteiger partial charge in [0.25, 0.3) is 5.19 Å². The van der Waals surface area contributed by atoms with Crippen molar-refractivity contribution >= 4 is 61.0 Å². The number of benzene rings is 1. The molecule has 2 rings (SSSR count). The molecule has 0 saturated carbocycles. The number of hydrogen-bond acceptors (Lipinski definition) is 5. The number of carboxylic acid groups (broad SMARTS) is 1. The summed E-state index contributed by atoms with van der Waals surface area (Å²) in [6.45, 7) is 0. The molecule has 0 bridgehead atoms. The predicted octanol–water partition coefficient (Wildman–Crippen LogP) is 1.90. The van der Waals surface area contributed by atoms with Crippen LogP contribution in [0.25, 0.3) is 0 Å². The Labute approximate surface area is 139 Å². The van der Waals surface area contributed by atoms with Crippen LogP contribution in [0.15, 0.2) is 35.8 Å². The van der Waals surface area contributed by atoms with Crippen molar-refractivity contribution in [1.29, 1.82) is 0 Å². The summed E-state index contributed by atoms with van der Waals surface area (Å²) in [7, 11) is 0. The zero-order valence-corrected chi connectivity index (χ0v) is 12.2. The Bertz CT molecular complexity index is 565. The first-order valence-electron chi connectivity index (χ1n) is 4.62. The maximum absolute atomic E-state index is 11.6. The van der Waals surface area contributed by atoms with Gasteiger partial charge < -0.3 is 12.7 Å². The molecule has 0 aliphatic heterocycles. The van der Waals surface area contributed by atoms with Gasteiger partial charge in [0.05, 0.1) is 11.1 Å². The van der Waals surface area contributed by atoms with Crippen molar-refractivity contribution in [3.63, 3.8) is 0 Å². The fourth-order valence-electron chi connectivity index (χ4n) is 1.18. The number of esters is 1. The van der Waals surface area contributed by atoms with E-state index in [1.54, 1.807) is 5.38 Å². The van der Waals surface area contributed by atoms with E-state index in [1.807, 2.05) is 0 Å². The van der Waals surface area contributed by atoms with Crippen LogP contribution in [0.2, 0.25) is 0 Å². The molecule has 7 heteroatoms. The molecule has 0 unspecified atom stereocenters. The normalized spacial score (nSPS) is 9.33. The number of rotatable bonds is 3. The smallest absolute Gasteiger partial charge is 1.00 e. The number of hydrogen-bond donors (Lipinski definition) is 1. The average Bonchev–Trinajstić information content (AvgIpc) is 2.82. The summed E-state index contributed by atoms with van der Waals surface area (Å²) in [6, 6.07) is 5.64. The van der Waals surface area contributed by atoms with E-state index in [9.17, 15) is 9.59 Å². The fraction of sp³-hybridized carbons (Fsp3) is 0. The quantitative estimate of drug-likeness (QED) is 0.690. The molecule has 18 heavy (non-hydrogen) atoms. The van der Waals surface area contributed by atoms with Crippen LogP contribution in [0.3, 0.4) is 0 Å². The third-order valence-electron chi connectivity index (χ3n) is 1.93. The second-order valence-corrected chi connectivity index (χ2v) is 3.93. The van der Waals surface area contributed by atoms with Crippen LogP contribution in [-0.2, 0) is 0 Å². The topological polar surface area (TPSA) is 76.5 Å². The molecule has 0 amide bonds. The molecule has 0 fully saturated rings. The SMILES string of the molecule is O=C(O)c1cccc(C(=O)Oc2nccs2)c1.[Ca+2].[H-].[H-]. The zero-order chi connectivity index (χ0) is 12.3. The molecule has 0 radical (unpaired) electrons. The molecule has 0 spiro atoms. The van der Waals surface area contributed by atoms with Gasteiger partial charge in [-0.15, -0.1) is 0 Å². The number of carboxylic acids is 1. The molecule has 5 nitrogen and oxygen atoms in total. The van der Waals surface area contributed by atoms with E-state index in [0.717, 1.165) is 0 Å². The molecule has 0 aliphatic rings. The fourth-order valence-corrected chi connectivity index (χ4v) is 1.66. The van der Waals surface area contributed by atoms with Gasteiger partial charge in [0, 0.05) is 11.6 Å². The van der Waals surface area contributed by atoms with Crippen molar-refractivity contribution < 1.29 is 22.3 Å². The van der Waals surface area contributed by atoms with Crippen LogP contribution in [0.1, 0.15) is 23.6 Å². The van der Waals surface area contributed by atoms with Crippen LogP contribution in [0, 0.1) is 0 Å². The number of thiazole rings is 1. The number of carbonyl (C=O) groups excluding carboxylic acids is 1. The van der Waals surface area contributed by atoms with E-state index < -0.39 is 11.9 Å². The van der Waals surface area contributed by atoms with Gasteiger partial charge in [-0.3, -0.25) is 0 Å². The Hall–Kier alpha value is -0.950. The molecule has 90 valence electrons. The number of nitrogens with zero attached hydrogens (tertiary/aromatic N) is 1. The Morgan fingerprint density at radius 3 is 2.67 bits per heavy atom. The van der Waals surface area contributed by atoms with E-state index in [2.05, 4.69) is 4.98 Å². The van der Waals surface area contributed by atoms with Crippen molar-refractivity contribution in [2.24, 2.45) is 0 Å². The van der Waals surface area contributed by atoms with E-state index in [0.29, 0.717) is 0 Å². The maximum atomic E-state index is 11.6. The number of carbonyl (C=O) groups is 2. The van der Waals surface area contributed by atoms with Crippen LogP contribution >= 0.6 is 11.3 Å². The van der Waals surface area contributed by atoms with Crippen LogP contribution in [-0.4, -0.2) is 59.8 Å². The first-order valence-corrected chi connectivity index (χ1v) is 5.50. The number of aromatic carboxylic acids is 1. The molecule has 0 aliphatic carbocycles. The summed E-state index contributed by atoms with van der Waals surface area (Å²) >= 11 is 1.19. The maximum Gasteiger partial charge on any atom is 2.00 e. The summed E-state index contributed by atoms with van der Waals surface area (Å²) in [5.74, 6) is -1.71. The Morgan fingerprint density at radius 1 is 1.33 bits per heavy atom. The molecule has 0 atom stereocenters. The molecular formula is C11H9CaNO4S. The monoisotopic (exact) mass is 291 g/mol. The first-order chi connectivity index (χ1) is 8.16. The largest absolute Gasteiger partial charge is 2.00 e. The van der Waals surface area contributed by atoms with Crippen molar-refractivity contribution in [3.8, 4) is 5.19 Å². The minimum atomic E-state index is -1.09. The van der Waals surface area contributed by atoms with Gasteiger partial charge in [-0.2, -0.15) is 0 Å². The summed E-state index contributed by atoms with van der Waals surface area (Å²) in [4.78, 5) is 26.2. The molecule has 1 N–H and O–H groups in total. The third kappa shape index (κ3) is 3.78. The van der Waals surface area contributed by atoms with Gasteiger partial charge in [-0.25, -0.2) is 14.6 Å². The van der Waals surface area contributed by atoms with Crippen molar-refractivity contribution in [1.82, 2.24) is 4.98 Å². The second-order valence-electron chi connectivity index (χ2n) is 3.07. The van der Waals surface area contributed by atoms with E-state index in [4.69, 9.17) is 9.84 Å². The van der Waals surface area contributed by atoms with Gasteiger partial charge in [0.2, 0.25) is 0 Å². The molecule has 1 heterocycles. The summed E-state index contributed by atoms with van der Waals surface area (Å²) in [5.41, 5.74) is 0.221. The minimum absolute atomic E-state index is 0. The third-order valence-corrected chi connectivity index (χ3v) is 2.58. The summed E-state index contributed by atoms with van der Waals surface area (Å²) in [5, 5.41) is 10.7. The van der Waals surface area contributed by atoms with E-state index in [-0.39, 0.29) is 56.9 Å². The van der Waals surface area contributed by atoms with Gasteiger partial charge in [-0.1, -0.05) is 17.4 Å². The van der Waals surface area contributed by atoms with Crippen molar-refractivity contribution in [2.45, 2.75) is 0 Å². The Balaban J connectivity index is 0.